The van der Waals surface area contributed by atoms with Crippen LogP contribution in [0.1, 0.15) is 5.56 Å². The molecule has 0 aromatic heterocycles. The van der Waals surface area contributed by atoms with Crippen LogP contribution < -0.4 is 13.9 Å². The summed E-state index contributed by atoms with van der Waals surface area (Å²) in [5, 5.41) is 0.440. The molecule has 1 aliphatic heterocycles. The first-order valence-electron chi connectivity index (χ1n) is 11.3. The second-order valence-electron chi connectivity index (χ2n) is 8.29. The summed E-state index contributed by atoms with van der Waals surface area (Å²) in [4.78, 5) is 17.3. The zero-order valence-electron chi connectivity index (χ0n) is 19.7. The number of aryl methyl sites for hydroxylation is 1. The third-order valence-electron chi connectivity index (χ3n) is 6.12. The first-order chi connectivity index (χ1) is 16.8. The van der Waals surface area contributed by atoms with Gasteiger partial charge < -0.3 is 14.5 Å². The molecule has 0 unspecified atom stereocenters. The number of sulfonamides is 1. The highest BCUT2D eigenvalue weighted by atomic mass is 35.5. The van der Waals surface area contributed by atoms with Crippen molar-refractivity contribution in [3.8, 4) is 5.75 Å². The summed E-state index contributed by atoms with van der Waals surface area (Å²) in [5.41, 5.74) is 2.22. The molecule has 1 fully saturated rings. The zero-order valence-corrected chi connectivity index (χ0v) is 21.3. The quantitative estimate of drug-likeness (QED) is 0.473. The minimum absolute atomic E-state index is 0.0824. The number of carbonyl (C=O) groups excluding carboxylic acids is 1. The van der Waals surface area contributed by atoms with E-state index in [4.69, 9.17) is 16.3 Å². The summed E-state index contributed by atoms with van der Waals surface area (Å²) in [5.74, 6) is 0.539. The fourth-order valence-corrected chi connectivity index (χ4v) is 5.79. The monoisotopic (exact) mass is 513 g/mol. The van der Waals surface area contributed by atoms with Crippen LogP contribution in [0.5, 0.6) is 5.75 Å². The van der Waals surface area contributed by atoms with E-state index < -0.39 is 10.0 Å². The van der Waals surface area contributed by atoms with Crippen molar-refractivity contribution >= 4 is 38.9 Å². The zero-order chi connectivity index (χ0) is 25.0. The van der Waals surface area contributed by atoms with E-state index in [0.29, 0.717) is 36.9 Å². The Hall–Kier alpha value is -3.23. The Balaban J connectivity index is 1.54. The number of halogens is 1. The first kappa shape index (κ1) is 24.9. The molecule has 1 saturated heterocycles. The van der Waals surface area contributed by atoms with Crippen LogP contribution in [0.3, 0.4) is 0 Å². The Bertz CT molecular complexity index is 1290. The first-order valence-corrected chi connectivity index (χ1v) is 13.1. The van der Waals surface area contributed by atoms with E-state index in [1.807, 2.05) is 43.3 Å². The number of carbonyl (C=O) groups is 1. The second kappa shape index (κ2) is 10.6. The number of amides is 1. The van der Waals surface area contributed by atoms with Gasteiger partial charge in [0.1, 0.15) is 12.3 Å². The Kier molecular flexibility index (Phi) is 7.52. The van der Waals surface area contributed by atoms with Crippen LogP contribution in [0.2, 0.25) is 5.02 Å². The number of methoxy groups -OCH3 is 1. The Morgan fingerprint density at radius 2 is 1.57 bits per heavy atom. The second-order valence-corrected chi connectivity index (χ2v) is 10.6. The van der Waals surface area contributed by atoms with Crippen molar-refractivity contribution in [2.24, 2.45) is 0 Å². The van der Waals surface area contributed by atoms with Crippen LogP contribution in [0.4, 0.5) is 11.4 Å². The highest BCUT2D eigenvalue weighted by Gasteiger charge is 2.31. The van der Waals surface area contributed by atoms with Gasteiger partial charge in [-0.05, 0) is 55.0 Å². The lowest BCUT2D eigenvalue weighted by Gasteiger charge is -2.37. The smallest absolute Gasteiger partial charge is 0.264 e. The molecule has 0 aliphatic carbocycles. The van der Waals surface area contributed by atoms with Gasteiger partial charge in [0.2, 0.25) is 5.91 Å². The van der Waals surface area contributed by atoms with Crippen molar-refractivity contribution < 1.29 is 17.9 Å². The molecule has 0 spiro atoms. The molecule has 0 radical (unpaired) electrons. The lowest BCUT2D eigenvalue weighted by Crippen LogP contribution is -2.52. The molecule has 1 amide bonds. The number of nitrogens with zero attached hydrogens (tertiary/aromatic N) is 3. The molecule has 184 valence electrons. The van der Waals surface area contributed by atoms with E-state index in [1.165, 1.54) is 28.6 Å². The predicted octanol–water partition coefficient (Wildman–Crippen LogP) is 4.20. The average Bonchev–Trinajstić information content (AvgIpc) is 2.88. The molecular weight excluding hydrogens is 486 g/mol. The van der Waals surface area contributed by atoms with Crippen molar-refractivity contribution in [2.45, 2.75) is 11.8 Å². The van der Waals surface area contributed by atoms with E-state index in [-0.39, 0.29) is 17.3 Å². The number of rotatable bonds is 7. The largest absolute Gasteiger partial charge is 0.495 e. The molecule has 0 atom stereocenters. The summed E-state index contributed by atoms with van der Waals surface area (Å²) in [6.45, 7) is 3.76. The summed E-state index contributed by atoms with van der Waals surface area (Å²) >= 11 is 5.96. The van der Waals surface area contributed by atoms with Gasteiger partial charge in [-0.1, -0.05) is 41.9 Å². The molecule has 9 heteroatoms. The minimum Gasteiger partial charge on any atom is -0.495 e. The van der Waals surface area contributed by atoms with E-state index in [0.717, 1.165) is 17.0 Å². The normalized spacial score (nSPS) is 14.0. The SMILES string of the molecule is COc1ccccc1N1CCN(C(=O)CN(c2ccccc2C)S(=O)(=O)c2ccc(Cl)cc2)CC1. The van der Waals surface area contributed by atoms with E-state index in [2.05, 4.69) is 4.90 Å². The third kappa shape index (κ3) is 5.39. The van der Waals surface area contributed by atoms with E-state index in [9.17, 15) is 13.2 Å². The molecule has 1 heterocycles. The predicted molar refractivity (Wildman–Crippen MR) is 139 cm³/mol. The van der Waals surface area contributed by atoms with Gasteiger partial charge in [0.05, 0.1) is 23.4 Å². The number of anilines is 2. The molecule has 7 nitrogen and oxygen atoms in total. The van der Waals surface area contributed by atoms with Crippen LogP contribution in [0, 0.1) is 6.92 Å². The van der Waals surface area contributed by atoms with Gasteiger partial charge in [-0.3, -0.25) is 9.10 Å². The molecule has 1 aliphatic rings. The maximum atomic E-state index is 13.6. The number of piperazine rings is 1. The van der Waals surface area contributed by atoms with Crippen LogP contribution in [0.15, 0.2) is 77.7 Å². The standard InChI is InChI=1S/C26H28ClN3O4S/c1-20-7-3-4-8-23(20)30(35(32,33)22-13-11-21(27)12-14-22)19-26(31)29-17-15-28(16-18-29)24-9-5-6-10-25(24)34-2/h3-14H,15-19H2,1-2H3. The fraction of sp³-hybridized carbons (Fsp3) is 0.269. The van der Waals surface area contributed by atoms with Crippen LogP contribution in [0.25, 0.3) is 0 Å². The topological polar surface area (TPSA) is 70.2 Å². The van der Waals surface area contributed by atoms with E-state index in [1.54, 1.807) is 24.1 Å². The molecule has 0 bridgehead atoms. The highest BCUT2D eigenvalue weighted by molar-refractivity contribution is 7.92. The molecule has 0 saturated carbocycles. The lowest BCUT2D eigenvalue weighted by atomic mass is 10.2. The fourth-order valence-electron chi connectivity index (χ4n) is 4.19. The summed E-state index contributed by atoms with van der Waals surface area (Å²) in [6, 6.07) is 20.9. The van der Waals surface area contributed by atoms with Gasteiger partial charge >= 0.3 is 0 Å². The maximum Gasteiger partial charge on any atom is 0.264 e. The maximum absolute atomic E-state index is 13.6. The van der Waals surface area contributed by atoms with Gasteiger partial charge in [-0.25, -0.2) is 8.42 Å². The van der Waals surface area contributed by atoms with Crippen LogP contribution >= 0.6 is 11.6 Å². The van der Waals surface area contributed by atoms with Gasteiger partial charge in [0, 0.05) is 31.2 Å². The number of hydrogen-bond donors (Lipinski definition) is 0. The van der Waals surface area contributed by atoms with Crippen molar-refractivity contribution in [3.05, 3.63) is 83.4 Å². The van der Waals surface area contributed by atoms with Crippen molar-refractivity contribution in [1.82, 2.24) is 4.90 Å². The molecule has 3 aromatic carbocycles. The Morgan fingerprint density at radius 1 is 0.943 bits per heavy atom. The summed E-state index contributed by atoms with van der Waals surface area (Å²) in [6.07, 6.45) is 0. The van der Waals surface area contributed by atoms with Gasteiger partial charge in [0.15, 0.2) is 0 Å². The molecule has 3 aromatic rings. The number of hydrogen-bond acceptors (Lipinski definition) is 5. The van der Waals surface area contributed by atoms with Crippen LogP contribution in [-0.2, 0) is 14.8 Å². The molecule has 35 heavy (non-hydrogen) atoms. The lowest BCUT2D eigenvalue weighted by molar-refractivity contribution is -0.129. The van der Waals surface area contributed by atoms with Crippen LogP contribution in [-0.4, -0.2) is 59.1 Å². The Labute approximate surface area is 211 Å². The van der Waals surface area contributed by atoms with Crippen molar-refractivity contribution in [1.29, 1.82) is 0 Å². The third-order valence-corrected chi connectivity index (χ3v) is 8.15. The summed E-state index contributed by atoms with van der Waals surface area (Å²) < 4.78 is 33.9. The minimum atomic E-state index is -3.99. The number of ether oxygens (including phenoxy) is 1. The van der Waals surface area contributed by atoms with Gasteiger partial charge in [0.25, 0.3) is 10.0 Å². The average molecular weight is 514 g/mol. The van der Waals surface area contributed by atoms with E-state index >= 15 is 0 Å². The number of benzene rings is 3. The van der Waals surface area contributed by atoms with Gasteiger partial charge in [-0.2, -0.15) is 0 Å². The highest BCUT2D eigenvalue weighted by Crippen LogP contribution is 2.30. The summed E-state index contributed by atoms with van der Waals surface area (Å²) in [7, 11) is -2.35. The molecular formula is C26H28ClN3O4S. The van der Waals surface area contributed by atoms with Crippen molar-refractivity contribution in [3.63, 3.8) is 0 Å². The number of para-hydroxylation sites is 3. The van der Waals surface area contributed by atoms with Gasteiger partial charge in [-0.15, -0.1) is 0 Å². The van der Waals surface area contributed by atoms with Crippen molar-refractivity contribution in [2.75, 3.05) is 49.0 Å². The molecule has 4 rings (SSSR count). The Morgan fingerprint density at radius 3 is 2.23 bits per heavy atom. The molecule has 0 N–H and O–H groups in total.